The molecule has 4 aliphatic carbocycles. The lowest BCUT2D eigenvalue weighted by molar-refractivity contribution is -0.0418. The summed E-state index contributed by atoms with van der Waals surface area (Å²) in [4.78, 5) is 2.54. The van der Waals surface area contributed by atoms with Crippen molar-refractivity contribution in [2.24, 2.45) is 23.7 Å². The summed E-state index contributed by atoms with van der Waals surface area (Å²) in [6.07, 6.45) is 6.88. The first-order chi connectivity index (χ1) is 26.7. The predicted octanol–water partition coefficient (Wildman–Crippen LogP) is 13.6. The lowest BCUT2D eigenvalue weighted by Crippen LogP contribution is -2.57. The molecule has 1 aliphatic heterocycles. The maximum atomic E-state index is 2.65. The summed E-state index contributed by atoms with van der Waals surface area (Å²) in [5, 5.41) is 2.70. The van der Waals surface area contributed by atoms with Crippen molar-refractivity contribution in [1.29, 1.82) is 0 Å². The SMILES string of the molecule is c1ccc(-c2ccc(N(c3cccc(-c4ccccc4)c3)c3cc4c5c(c3)c3ccccc3n5-c3ccccc3C43C4CC5CC(C4)CC3C5)cc2)cc1. The molecular weight excluding hydrogens is 653 g/mol. The lowest BCUT2D eigenvalue weighted by atomic mass is 9.41. The van der Waals surface area contributed by atoms with E-state index in [1.807, 2.05) is 0 Å². The molecule has 5 aliphatic rings. The van der Waals surface area contributed by atoms with E-state index < -0.39 is 0 Å². The van der Waals surface area contributed by atoms with Crippen molar-refractivity contribution in [3.8, 4) is 27.9 Å². The smallest absolute Gasteiger partial charge is 0.0584 e. The number of rotatable bonds is 5. The van der Waals surface area contributed by atoms with Gasteiger partial charge in [0.05, 0.1) is 16.7 Å². The number of anilines is 3. The Hall–Kier alpha value is -5.86. The highest BCUT2D eigenvalue weighted by atomic mass is 15.1. The maximum absolute atomic E-state index is 2.65. The van der Waals surface area contributed by atoms with Crippen molar-refractivity contribution >= 4 is 38.9 Å². The Kier molecular flexibility index (Phi) is 6.55. The van der Waals surface area contributed by atoms with Crippen LogP contribution in [-0.2, 0) is 5.41 Å². The van der Waals surface area contributed by atoms with Crippen molar-refractivity contribution in [1.82, 2.24) is 4.57 Å². The van der Waals surface area contributed by atoms with E-state index >= 15 is 0 Å². The molecule has 4 saturated carbocycles. The molecule has 54 heavy (non-hydrogen) atoms. The van der Waals surface area contributed by atoms with E-state index in [4.69, 9.17) is 0 Å². The number of nitrogens with zero attached hydrogens (tertiary/aromatic N) is 2. The van der Waals surface area contributed by atoms with Gasteiger partial charge in [-0.1, -0.05) is 121 Å². The van der Waals surface area contributed by atoms with E-state index in [9.17, 15) is 0 Å². The first-order valence-corrected chi connectivity index (χ1v) is 20.0. The molecule has 4 bridgehead atoms. The largest absolute Gasteiger partial charge is 0.310 e. The number of para-hydroxylation sites is 2. The number of hydrogen-bond donors (Lipinski definition) is 0. The molecule has 13 rings (SSSR count). The second-order valence-electron chi connectivity index (χ2n) is 16.6. The van der Waals surface area contributed by atoms with Gasteiger partial charge in [-0.25, -0.2) is 0 Å². The van der Waals surface area contributed by atoms with Crippen LogP contribution in [0, 0.1) is 23.7 Å². The van der Waals surface area contributed by atoms with Crippen molar-refractivity contribution in [2.75, 3.05) is 4.90 Å². The molecule has 2 heterocycles. The maximum Gasteiger partial charge on any atom is 0.0584 e. The van der Waals surface area contributed by atoms with Crippen LogP contribution in [0.4, 0.5) is 17.1 Å². The van der Waals surface area contributed by atoms with Gasteiger partial charge in [-0.05, 0) is 138 Å². The minimum absolute atomic E-state index is 0.0113. The van der Waals surface area contributed by atoms with Gasteiger partial charge in [0.25, 0.3) is 0 Å². The monoisotopic (exact) mass is 694 g/mol. The van der Waals surface area contributed by atoms with Crippen LogP contribution in [0.15, 0.2) is 170 Å². The molecule has 0 radical (unpaired) electrons. The highest BCUT2D eigenvalue weighted by Crippen LogP contribution is 2.68. The fourth-order valence-electron chi connectivity index (χ4n) is 12.1. The molecule has 0 amide bonds. The molecule has 1 aromatic heterocycles. The second kappa shape index (κ2) is 11.6. The molecule has 0 N–H and O–H groups in total. The third kappa shape index (κ3) is 4.28. The van der Waals surface area contributed by atoms with Crippen molar-refractivity contribution in [3.05, 3.63) is 181 Å². The predicted molar refractivity (Wildman–Crippen MR) is 224 cm³/mol. The highest BCUT2D eigenvalue weighted by Gasteiger charge is 2.61. The van der Waals surface area contributed by atoms with Crippen LogP contribution in [0.25, 0.3) is 49.7 Å². The highest BCUT2D eigenvalue weighted by molar-refractivity contribution is 6.13. The molecule has 0 unspecified atom stereocenters. The summed E-state index contributed by atoms with van der Waals surface area (Å²) in [6.45, 7) is 0. The average Bonchev–Trinajstić information content (AvgIpc) is 3.56. The summed E-state index contributed by atoms with van der Waals surface area (Å²) in [6, 6.07) is 63.8. The van der Waals surface area contributed by atoms with Gasteiger partial charge in [0.2, 0.25) is 0 Å². The summed E-state index contributed by atoms with van der Waals surface area (Å²) in [5.41, 5.74) is 15.8. The molecule has 8 aromatic rings. The van der Waals surface area contributed by atoms with Crippen molar-refractivity contribution in [2.45, 2.75) is 37.5 Å². The molecule has 1 spiro atoms. The Bertz CT molecular complexity index is 2690. The standard InChI is InChI=1S/C52H42N2/c1-3-12-36(13-4-1)38-22-24-42(25-23-38)53(43-17-11-16-39(31-43)37-14-5-2-6-15-37)44-32-46-45-18-7-9-20-49(45)54-50-21-10-8-19-47(50)52(48(33-44)51(46)54)40-27-34-26-35(29-40)30-41(52)28-34/h1-25,31-35,40-41H,26-30H2. The van der Waals surface area contributed by atoms with Gasteiger partial charge in [-0.15, -0.1) is 0 Å². The molecule has 0 saturated heterocycles. The Labute approximate surface area is 317 Å². The molecule has 2 heteroatoms. The van der Waals surface area contributed by atoms with Crippen LogP contribution in [0.3, 0.4) is 0 Å². The van der Waals surface area contributed by atoms with Gasteiger partial charge < -0.3 is 9.47 Å². The fourth-order valence-corrected chi connectivity index (χ4v) is 12.1. The Morgan fingerprint density at radius 3 is 1.78 bits per heavy atom. The zero-order valence-corrected chi connectivity index (χ0v) is 30.4. The van der Waals surface area contributed by atoms with Gasteiger partial charge in [0.15, 0.2) is 0 Å². The van der Waals surface area contributed by atoms with Gasteiger partial charge in [-0.3, -0.25) is 0 Å². The summed E-state index contributed by atoms with van der Waals surface area (Å²) in [5.74, 6) is 3.11. The first kappa shape index (κ1) is 30.6. The Balaban J connectivity index is 1.15. The molecule has 7 aromatic carbocycles. The molecule has 0 atom stereocenters. The van der Waals surface area contributed by atoms with Gasteiger partial charge >= 0.3 is 0 Å². The van der Waals surface area contributed by atoms with E-state index in [0.29, 0.717) is 11.8 Å². The first-order valence-electron chi connectivity index (χ1n) is 20.0. The molecule has 260 valence electrons. The number of aromatic nitrogens is 1. The third-order valence-electron chi connectivity index (χ3n) is 13.9. The quantitative estimate of drug-likeness (QED) is 0.174. The van der Waals surface area contributed by atoms with Crippen LogP contribution in [-0.4, -0.2) is 4.57 Å². The topological polar surface area (TPSA) is 8.17 Å². The average molecular weight is 695 g/mol. The van der Waals surface area contributed by atoms with Crippen LogP contribution >= 0.6 is 0 Å². The molecular formula is C52H42N2. The van der Waals surface area contributed by atoms with Gasteiger partial charge in [0, 0.05) is 33.2 Å². The number of benzene rings is 7. The zero-order chi connectivity index (χ0) is 35.4. The van der Waals surface area contributed by atoms with Crippen LogP contribution in [0.5, 0.6) is 0 Å². The van der Waals surface area contributed by atoms with Crippen molar-refractivity contribution in [3.63, 3.8) is 0 Å². The van der Waals surface area contributed by atoms with E-state index in [2.05, 4.69) is 179 Å². The summed E-state index contributed by atoms with van der Waals surface area (Å²) >= 11 is 0. The summed E-state index contributed by atoms with van der Waals surface area (Å²) < 4.78 is 2.63. The third-order valence-corrected chi connectivity index (χ3v) is 13.9. The zero-order valence-electron chi connectivity index (χ0n) is 30.4. The van der Waals surface area contributed by atoms with E-state index in [-0.39, 0.29) is 5.41 Å². The van der Waals surface area contributed by atoms with Crippen LogP contribution in [0.1, 0.15) is 43.2 Å². The lowest BCUT2D eigenvalue weighted by Gasteiger charge is -2.63. The Morgan fingerprint density at radius 2 is 1.04 bits per heavy atom. The second-order valence-corrected chi connectivity index (χ2v) is 16.6. The minimum Gasteiger partial charge on any atom is -0.310 e. The Morgan fingerprint density at radius 1 is 0.426 bits per heavy atom. The van der Waals surface area contributed by atoms with E-state index in [1.54, 1.807) is 11.1 Å². The fraction of sp³-hybridized carbons (Fsp3) is 0.192. The molecule has 2 nitrogen and oxygen atoms in total. The van der Waals surface area contributed by atoms with Gasteiger partial charge in [0.1, 0.15) is 0 Å². The summed E-state index contributed by atoms with van der Waals surface area (Å²) in [7, 11) is 0. The van der Waals surface area contributed by atoms with Gasteiger partial charge in [-0.2, -0.15) is 0 Å². The van der Waals surface area contributed by atoms with Crippen LogP contribution in [0.2, 0.25) is 0 Å². The van der Waals surface area contributed by atoms with E-state index in [0.717, 1.165) is 11.8 Å². The number of hydrogen-bond acceptors (Lipinski definition) is 1. The van der Waals surface area contributed by atoms with E-state index in [1.165, 1.54) is 98.9 Å². The molecule has 4 fully saturated rings. The minimum atomic E-state index is 0.0113. The number of fused-ring (bicyclic) bond motifs is 5. The normalized spacial score (nSPS) is 23.3. The van der Waals surface area contributed by atoms with Crippen LogP contribution < -0.4 is 4.90 Å². The van der Waals surface area contributed by atoms with Crippen molar-refractivity contribution < 1.29 is 0 Å².